The second kappa shape index (κ2) is 5.59. The lowest BCUT2D eigenvalue weighted by Crippen LogP contribution is -2.34. The number of carbonyl (C=O) groups is 2. The van der Waals surface area contributed by atoms with E-state index in [-0.39, 0.29) is 18.2 Å². The molecule has 0 unspecified atom stereocenters. The Kier molecular flexibility index (Phi) is 4.39. The number of nitrogens with one attached hydrogen (secondary N) is 2. The molecule has 1 saturated heterocycles. The minimum Gasteiger partial charge on any atom is -0.354 e. The van der Waals surface area contributed by atoms with E-state index in [0.717, 1.165) is 19.5 Å². The molecule has 1 rings (SSSR count). The highest BCUT2D eigenvalue weighted by molar-refractivity contribution is 5.97. The predicted octanol–water partition coefficient (Wildman–Crippen LogP) is -1.06. The number of hydrogen-bond donors (Lipinski definition) is 2. The van der Waals surface area contributed by atoms with E-state index in [1.165, 1.54) is 0 Å². The normalized spacial score (nSPS) is 17.9. The third-order valence-electron chi connectivity index (χ3n) is 2.22. The number of amides is 2. The van der Waals surface area contributed by atoms with Crippen LogP contribution in [0.2, 0.25) is 0 Å². The summed E-state index contributed by atoms with van der Waals surface area (Å²) in [6, 6.07) is 0. The van der Waals surface area contributed by atoms with Crippen molar-refractivity contribution in [2.24, 2.45) is 0 Å². The topological polar surface area (TPSA) is 61.4 Å². The van der Waals surface area contributed by atoms with Crippen molar-refractivity contribution in [1.82, 2.24) is 15.5 Å². The first-order valence-corrected chi connectivity index (χ1v) is 4.93. The van der Waals surface area contributed by atoms with Gasteiger partial charge in [-0.3, -0.25) is 9.59 Å². The molecule has 2 N–H and O–H groups in total. The smallest absolute Gasteiger partial charge is 0.232 e. The number of rotatable bonds is 4. The van der Waals surface area contributed by atoms with Gasteiger partial charge in [-0.2, -0.15) is 0 Å². The van der Waals surface area contributed by atoms with E-state index in [0.29, 0.717) is 13.1 Å². The summed E-state index contributed by atoms with van der Waals surface area (Å²) in [5.41, 5.74) is 0. The minimum atomic E-state index is -0.161. The SMILES string of the molecule is CNCCCN1CCNC(=O)CC1=O. The van der Waals surface area contributed by atoms with Crippen LogP contribution in [0.5, 0.6) is 0 Å². The average molecular weight is 199 g/mol. The van der Waals surface area contributed by atoms with Crippen LogP contribution in [0.3, 0.4) is 0 Å². The third-order valence-corrected chi connectivity index (χ3v) is 2.22. The van der Waals surface area contributed by atoms with E-state index in [1.54, 1.807) is 4.90 Å². The number of hydrogen-bond acceptors (Lipinski definition) is 3. The van der Waals surface area contributed by atoms with Crippen LogP contribution in [0.15, 0.2) is 0 Å². The van der Waals surface area contributed by atoms with Crippen molar-refractivity contribution in [3.8, 4) is 0 Å². The maximum atomic E-state index is 11.5. The van der Waals surface area contributed by atoms with Gasteiger partial charge in [0.25, 0.3) is 0 Å². The highest BCUT2D eigenvalue weighted by atomic mass is 16.2. The quantitative estimate of drug-likeness (QED) is 0.448. The van der Waals surface area contributed by atoms with Gasteiger partial charge >= 0.3 is 0 Å². The van der Waals surface area contributed by atoms with Crippen molar-refractivity contribution in [2.45, 2.75) is 12.8 Å². The molecule has 2 amide bonds. The van der Waals surface area contributed by atoms with Gasteiger partial charge < -0.3 is 15.5 Å². The number of nitrogens with zero attached hydrogens (tertiary/aromatic N) is 1. The lowest BCUT2D eigenvalue weighted by Gasteiger charge is -2.19. The molecule has 5 heteroatoms. The van der Waals surface area contributed by atoms with E-state index in [4.69, 9.17) is 0 Å². The Labute approximate surface area is 83.8 Å². The van der Waals surface area contributed by atoms with E-state index < -0.39 is 0 Å². The highest BCUT2D eigenvalue weighted by Gasteiger charge is 2.19. The van der Waals surface area contributed by atoms with Crippen LogP contribution in [0.1, 0.15) is 12.8 Å². The minimum absolute atomic E-state index is 0.000443. The molecule has 0 aromatic rings. The maximum Gasteiger partial charge on any atom is 0.232 e. The summed E-state index contributed by atoms with van der Waals surface area (Å²) in [5.74, 6) is -0.220. The molecule has 0 saturated carbocycles. The molecule has 0 aromatic carbocycles. The van der Waals surface area contributed by atoms with Crippen molar-refractivity contribution in [3.05, 3.63) is 0 Å². The average Bonchev–Trinajstić information content (AvgIpc) is 2.29. The second-order valence-corrected chi connectivity index (χ2v) is 3.36. The van der Waals surface area contributed by atoms with Gasteiger partial charge in [0.1, 0.15) is 6.42 Å². The van der Waals surface area contributed by atoms with Crippen LogP contribution in [0.4, 0.5) is 0 Å². The lowest BCUT2D eigenvalue weighted by molar-refractivity contribution is -0.134. The molecule has 0 radical (unpaired) electrons. The van der Waals surface area contributed by atoms with E-state index in [2.05, 4.69) is 10.6 Å². The monoisotopic (exact) mass is 199 g/mol. The molecule has 0 atom stereocenters. The lowest BCUT2D eigenvalue weighted by atomic mass is 10.3. The molecule has 5 nitrogen and oxygen atoms in total. The summed E-state index contributed by atoms with van der Waals surface area (Å²) < 4.78 is 0. The van der Waals surface area contributed by atoms with Crippen molar-refractivity contribution < 1.29 is 9.59 Å². The molecule has 14 heavy (non-hydrogen) atoms. The molecule has 1 aliphatic rings. The van der Waals surface area contributed by atoms with Crippen LogP contribution >= 0.6 is 0 Å². The Morgan fingerprint density at radius 2 is 2.29 bits per heavy atom. The van der Waals surface area contributed by atoms with Crippen LogP contribution in [-0.2, 0) is 9.59 Å². The first-order chi connectivity index (χ1) is 6.74. The van der Waals surface area contributed by atoms with Gasteiger partial charge in [-0.1, -0.05) is 0 Å². The van der Waals surface area contributed by atoms with Crippen LogP contribution in [-0.4, -0.2) is 49.9 Å². The predicted molar refractivity (Wildman–Crippen MR) is 52.8 cm³/mol. The molecule has 1 fully saturated rings. The van der Waals surface area contributed by atoms with Gasteiger partial charge in [-0.15, -0.1) is 0 Å². The van der Waals surface area contributed by atoms with Crippen molar-refractivity contribution in [3.63, 3.8) is 0 Å². The summed E-state index contributed by atoms with van der Waals surface area (Å²) >= 11 is 0. The maximum absolute atomic E-state index is 11.5. The van der Waals surface area contributed by atoms with Gasteiger partial charge in [0.15, 0.2) is 0 Å². The Balaban J connectivity index is 2.35. The van der Waals surface area contributed by atoms with E-state index in [9.17, 15) is 9.59 Å². The Bertz CT molecular complexity index is 218. The standard InChI is InChI=1S/C9H17N3O2/c1-10-3-2-5-12-6-4-11-8(13)7-9(12)14/h10H,2-7H2,1H3,(H,11,13). The number of carbonyl (C=O) groups excluding carboxylic acids is 2. The van der Waals surface area contributed by atoms with Gasteiger partial charge in [0.05, 0.1) is 0 Å². The summed E-state index contributed by atoms with van der Waals surface area (Å²) in [6.45, 7) is 2.83. The fourth-order valence-corrected chi connectivity index (χ4v) is 1.45. The zero-order valence-corrected chi connectivity index (χ0v) is 8.51. The second-order valence-electron chi connectivity index (χ2n) is 3.36. The van der Waals surface area contributed by atoms with Crippen LogP contribution in [0.25, 0.3) is 0 Å². The summed E-state index contributed by atoms with van der Waals surface area (Å²) in [6.07, 6.45) is 0.927. The fraction of sp³-hybridized carbons (Fsp3) is 0.778. The van der Waals surface area contributed by atoms with Crippen molar-refractivity contribution in [2.75, 3.05) is 33.2 Å². The molecule has 0 aliphatic carbocycles. The molecular formula is C9H17N3O2. The van der Waals surface area contributed by atoms with E-state index in [1.807, 2.05) is 7.05 Å². The van der Waals surface area contributed by atoms with Gasteiger partial charge in [-0.25, -0.2) is 0 Å². The first-order valence-electron chi connectivity index (χ1n) is 4.93. The van der Waals surface area contributed by atoms with Gasteiger partial charge in [0, 0.05) is 19.6 Å². The Morgan fingerprint density at radius 3 is 3.00 bits per heavy atom. The zero-order chi connectivity index (χ0) is 10.4. The summed E-state index contributed by atoms with van der Waals surface area (Å²) in [7, 11) is 1.88. The van der Waals surface area contributed by atoms with Crippen molar-refractivity contribution in [1.29, 1.82) is 0 Å². The van der Waals surface area contributed by atoms with Gasteiger partial charge in [-0.05, 0) is 20.0 Å². The molecule has 80 valence electrons. The highest BCUT2D eigenvalue weighted by Crippen LogP contribution is 1.99. The van der Waals surface area contributed by atoms with E-state index >= 15 is 0 Å². The Morgan fingerprint density at radius 1 is 1.50 bits per heavy atom. The Hall–Kier alpha value is -1.10. The van der Waals surface area contributed by atoms with Crippen LogP contribution < -0.4 is 10.6 Å². The zero-order valence-electron chi connectivity index (χ0n) is 8.51. The van der Waals surface area contributed by atoms with Crippen LogP contribution in [0, 0.1) is 0 Å². The first kappa shape index (κ1) is 11.0. The molecular weight excluding hydrogens is 182 g/mol. The molecule has 1 aliphatic heterocycles. The third kappa shape index (κ3) is 3.33. The summed E-state index contributed by atoms with van der Waals surface area (Å²) in [4.78, 5) is 24.2. The molecule has 0 bridgehead atoms. The molecule has 0 aromatic heterocycles. The van der Waals surface area contributed by atoms with Gasteiger partial charge in [0.2, 0.25) is 11.8 Å². The fourth-order valence-electron chi connectivity index (χ4n) is 1.45. The molecule has 0 spiro atoms. The summed E-state index contributed by atoms with van der Waals surface area (Å²) in [5, 5.41) is 5.70. The largest absolute Gasteiger partial charge is 0.354 e. The van der Waals surface area contributed by atoms with Crippen molar-refractivity contribution >= 4 is 11.8 Å². The molecule has 1 heterocycles.